The molecule has 5 nitrogen and oxygen atoms in total. The molecule has 1 aliphatic rings. The molecule has 5 heteroatoms. The lowest BCUT2D eigenvalue weighted by atomic mass is 10.00. The van der Waals surface area contributed by atoms with E-state index >= 15 is 0 Å². The van der Waals surface area contributed by atoms with Crippen LogP contribution in [0, 0.1) is 5.92 Å². The summed E-state index contributed by atoms with van der Waals surface area (Å²) in [6.07, 6.45) is 0.801. The van der Waals surface area contributed by atoms with Crippen LogP contribution in [0.15, 0.2) is 18.2 Å². The first kappa shape index (κ1) is 13.7. The highest BCUT2D eigenvalue weighted by Gasteiger charge is 2.40. The van der Waals surface area contributed by atoms with Crippen molar-refractivity contribution in [3.63, 3.8) is 0 Å². The molecule has 1 heterocycles. The predicted octanol–water partition coefficient (Wildman–Crippen LogP) is 1.95. The lowest BCUT2D eigenvalue weighted by molar-refractivity contribution is -0.144. The van der Waals surface area contributed by atoms with Crippen molar-refractivity contribution in [2.24, 2.45) is 5.92 Å². The number of carboxylic acids is 1. The molecule has 1 fully saturated rings. The second kappa shape index (κ2) is 5.09. The average molecular weight is 265 g/mol. The molecule has 0 aromatic heterocycles. The van der Waals surface area contributed by atoms with E-state index in [1.807, 2.05) is 18.7 Å². The van der Waals surface area contributed by atoms with Gasteiger partial charge < -0.3 is 15.3 Å². The molecule has 3 atom stereocenters. The minimum Gasteiger partial charge on any atom is -0.507 e. The third-order valence-corrected chi connectivity index (χ3v) is 3.97. The minimum absolute atomic E-state index is 0.00353. The summed E-state index contributed by atoms with van der Waals surface area (Å²) >= 11 is 0. The van der Waals surface area contributed by atoms with E-state index in [1.165, 1.54) is 12.1 Å². The number of carbonyl (C=O) groups is 1. The molecule has 0 amide bonds. The van der Waals surface area contributed by atoms with Crippen LogP contribution in [-0.2, 0) is 4.79 Å². The quantitative estimate of drug-likeness (QED) is 0.778. The Bertz CT molecular complexity index is 468. The van der Waals surface area contributed by atoms with Crippen LogP contribution in [0.3, 0.4) is 0 Å². The van der Waals surface area contributed by atoms with Gasteiger partial charge in [-0.25, -0.2) is 0 Å². The maximum absolute atomic E-state index is 11.4. The summed E-state index contributed by atoms with van der Waals surface area (Å²) in [4.78, 5) is 13.2. The van der Waals surface area contributed by atoms with Crippen molar-refractivity contribution in [3.8, 4) is 11.5 Å². The first-order chi connectivity index (χ1) is 8.93. The van der Waals surface area contributed by atoms with Gasteiger partial charge in [0, 0.05) is 6.04 Å². The molecule has 3 N–H and O–H groups in total. The fourth-order valence-corrected chi connectivity index (χ4v) is 2.93. The van der Waals surface area contributed by atoms with Gasteiger partial charge in [-0.05, 0) is 37.9 Å². The molecule has 19 heavy (non-hydrogen) atoms. The van der Waals surface area contributed by atoms with Crippen molar-refractivity contribution in [2.45, 2.75) is 32.4 Å². The number of phenols is 2. The van der Waals surface area contributed by atoms with Gasteiger partial charge in [-0.1, -0.05) is 13.0 Å². The van der Waals surface area contributed by atoms with Crippen molar-refractivity contribution in [1.29, 1.82) is 0 Å². The van der Waals surface area contributed by atoms with E-state index in [0.717, 1.165) is 6.42 Å². The molecule has 0 radical (unpaired) electrons. The maximum Gasteiger partial charge on any atom is 0.321 e. The van der Waals surface area contributed by atoms with E-state index in [0.29, 0.717) is 12.1 Å². The van der Waals surface area contributed by atoms with Crippen molar-refractivity contribution < 1.29 is 20.1 Å². The molecule has 1 aliphatic heterocycles. The van der Waals surface area contributed by atoms with E-state index in [4.69, 9.17) is 0 Å². The third-order valence-electron chi connectivity index (χ3n) is 3.97. The molecular formula is C14H19NO4. The number of benzene rings is 1. The summed E-state index contributed by atoms with van der Waals surface area (Å²) in [5, 5.41) is 29.1. The minimum atomic E-state index is -0.855. The number of carboxylic acid groups (broad SMARTS) is 1. The Morgan fingerprint density at radius 1 is 1.37 bits per heavy atom. The lowest BCUT2D eigenvalue weighted by Gasteiger charge is -2.30. The van der Waals surface area contributed by atoms with Gasteiger partial charge >= 0.3 is 5.97 Å². The van der Waals surface area contributed by atoms with Gasteiger partial charge in [0.1, 0.15) is 17.5 Å². The standard InChI is InChI=1S/C14H19NO4/c1-8-6-7-15(13(8)14(18)19)9(2)12-10(16)4-3-5-11(12)17/h3-5,8-9,13,16-17H,6-7H2,1-2H3,(H,18,19). The highest BCUT2D eigenvalue weighted by Crippen LogP contribution is 2.39. The molecule has 1 aromatic rings. The van der Waals surface area contributed by atoms with Gasteiger partial charge in [-0.2, -0.15) is 0 Å². The Kier molecular flexibility index (Phi) is 3.66. The van der Waals surface area contributed by atoms with Crippen LogP contribution >= 0.6 is 0 Å². The Balaban J connectivity index is 2.34. The fourth-order valence-electron chi connectivity index (χ4n) is 2.93. The lowest BCUT2D eigenvalue weighted by Crippen LogP contribution is -2.40. The van der Waals surface area contributed by atoms with Crippen LogP contribution < -0.4 is 0 Å². The largest absolute Gasteiger partial charge is 0.507 e. The number of aromatic hydroxyl groups is 2. The number of rotatable bonds is 3. The van der Waals surface area contributed by atoms with Crippen LogP contribution in [0.25, 0.3) is 0 Å². The molecule has 1 aromatic carbocycles. The second-order valence-corrected chi connectivity index (χ2v) is 5.17. The first-order valence-corrected chi connectivity index (χ1v) is 6.43. The van der Waals surface area contributed by atoms with Gasteiger partial charge in [0.05, 0.1) is 5.56 Å². The van der Waals surface area contributed by atoms with Crippen LogP contribution in [-0.4, -0.2) is 38.8 Å². The Morgan fingerprint density at radius 2 is 1.95 bits per heavy atom. The van der Waals surface area contributed by atoms with E-state index in [1.54, 1.807) is 6.07 Å². The fraction of sp³-hybridized carbons (Fsp3) is 0.500. The van der Waals surface area contributed by atoms with Crippen molar-refractivity contribution in [1.82, 2.24) is 4.90 Å². The molecular weight excluding hydrogens is 246 g/mol. The third kappa shape index (κ3) is 2.38. The summed E-state index contributed by atoms with van der Waals surface area (Å²) < 4.78 is 0. The van der Waals surface area contributed by atoms with E-state index < -0.39 is 12.0 Å². The van der Waals surface area contributed by atoms with Gasteiger partial charge in [0.15, 0.2) is 0 Å². The normalized spacial score (nSPS) is 25.4. The van der Waals surface area contributed by atoms with E-state index in [2.05, 4.69) is 0 Å². The smallest absolute Gasteiger partial charge is 0.321 e. The monoisotopic (exact) mass is 265 g/mol. The Hall–Kier alpha value is -1.75. The zero-order valence-electron chi connectivity index (χ0n) is 11.1. The van der Waals surface area contributed by atoms with E-state index in [9.17, 15) is 20.1 Å². The number of phenolic OH excluding ortho intramolecular Hbond substituents is 2. The van der Waals surface area contributed by atoms with Crippen LogP contribution in [0.5, 0.6) is 11.5 Å². The summed E-state index contributed by atoms with van der Waals surface area (Å²) in [6.45, 7) is 4.37. The van der Waals surface area contributed by atoms with Gasteiger partial charge in [0.25, 0.3) is 0 Å². The van der Waals surface area contributed by atoms with Crippen LogP contribution in [0.2, 0.25) is 0 Å². The van der Waals surface area contributed by atoms with E-state index in [-0.39, 0.29) is 23.5 Å². The topological polar surface area (TPSA) is 81.0 Å². The molecule has 0 bridgehead atoms. The number of hydrogen-bond donors (Lipinski definition) is 3. The van der Waals surface area contributed by atoms with Gasteiger partial charge in [-0.15, -0.1) is 0 Å². The van der Waals surface area contributed by atoms with Crippen molar-refractivity contribution >= 4 is 5.97 Å². The van der Waals surface area contributed by atoms with Crippen LogP contribution in [0.1, 0.15) is 31.9 Å². The highest BCUT2D eigenvalue weighted by molar-refractivity contribution is 5.74. The summed E-state index contributed by atoms with van der Waals surface area (Å²) in [5.74, 6) is -0.799. The summed E-state index contributed by atoms with van der Waals surface area (Å²) in [5.41, 5.74) is 0.392. The predicted molar refractivity (Wildman–Crippen MR) is 70.1 cm³/mol. The second-order valence-electron chi connectivity index (χ2n) is 5.17. The van der Waals surface area contributed by atoms with Crippen LogP contribution in [0.4, 0.5) is 0 Å². The molecule has 0 aliphatic carbocycles. The first-order valence-electron chi connectivity index (χ1n) is 6.43. The van der Waals surface area contributed by atoms with Gasteiger partial charge in [0.2, 0.25) is 0 Å². The van der Waals surface area contributed by atoms with Gasteiger partial charge in [-0.3, -0.25) is 9.69 Å². The molecule has 104 valence electrons. The number of hydrogen-bond acceptors (Lipinski definition) is 4. The zero-order valence-corrected chi connectivity index (χ0v) is 11.1. The molecule has 3 unspecified atom stereocenters. The maximum atomic E-state index is 11.4. The zero-order chi connectivity index (χ0) is 14.2. The number of nitrogens with zero attached hydrogens (tertiary/aromatic N) is 1. The number of likely N-dealkylation sites (tertiary alicyclic amines) is 1. The average Bonchev–Trinajstić information content (AvgIpc) is 2.70. The molecule has 0 spiro atoms. The summed E-state index contributed by atoms with van der Waals surface area (Å²) in [7, 11) is 0. The molecule has 2 rings (SSSR count). The molecule has 1 saturated heterocycles. The highest BCUT2D eigenvalue weighted by atomic mass is 16.4. The number of aliphatic carboxylic acids is 1. The SMILES string of the molecule is CC1CCN(C(C)c2c(O)cccc2O)C1C(=O)O. The Labute approximate surface area is 112 Å². The van der Waals surface area contributed by atoms with Crippen molar-refractivity contribution in [2.75, 3.05) is 6.54 Å². The molecule has 0 saturated carbocycles. The van der Waals surface area contributed by atoms with Crippen molar-refractivity contribution in [3.05, 3.63) is 23.8 Å². The Morgan fingerprint density at radius 3 is 2.47 bits per heavy atom. The summed E-state index contributed by atoms with van der Waals surface area (Å²) in [6, 6.07) is 3.64.